The number of carbonyl (C=O) groups is 2. The molecule has 0 atom stereocenters. The second kappa shape index (κ2) is 15.6. The number of unbranched alkanes of at least 4 members (excludes halogenated alkanes) is 9. The molecular weight excluding hydrogens is 468 g/mol. The zero-order valence-electron chi connectivity index (χ0n) is 24.0. The van der Waals surface area contributed by atoms with Crippen molar-refractivity contribution in [3.63, 3.8) is 0 Å². The van der Waals surface area contributed by atoms with E-state index in [1.54, 1.807) is 0 Å². The van der Waals surface area contributed by atoms with Gasteiger partial charge in [-0.2, -0.15) is 0 Å². The van der Waals surface area contributed by atoms with Crippen LogP contribution in [-0.2, 0) is 9.59 Å². The fourth-order valence-corrected chi connectivity index (χ4v) is 5.04. The molecule has 206 valence electrons. The summed E-state index contributed by atoms with van der Waals surface area (Å²) in [6.45, 7) is 6.94. The van der Waals surface area contributed by atoms with Gasteiger partial charge in [-0.1, -0.05) is 102 Å². The molecule has 0 spiro atoms. The van der Waals surface area contributed by atoms with Crippen LogP contribution in [0.25, 0.3) is 21.8 Å². The zero-order valence-corrected chi connectivity index (χ0v) is 24.0. The number of para-hydroxylation sites is 2. The molecule has 4 heteroatoms. The predicted molar refractivity (Wildman–Crippen MR) is 162 cm³/mol. The molecule has 0 fully saturated rings. The number of rotatable bonds is 18. The van der Waals surface area contributed by atoms with Gasteiger partial charge in [0.05, 0.1) is 16.7 Å². The van der Waals surface area contributed by atoms with Crippen molar-refractivity contribution in [1.29, 1.82) is 0 Å². The number of carbonyl (C=O) groups excluding carboxylic acids is 2. The maximum atomic E-state index is 12.2. The van der Waals surface area contributed by atoms with Crippen LogP contribution >= 0.6 is 0 Å². The third kappa shape index (κ3) is 9.85. The van der Waals surface area contributed by atoms with Crippen molar-refractivity contribution in [2.24, 2.45) is 5.41 Å². The summed E-state index contributed by atoms with van der Waals surface area (Å²) in [7, 11) is 0. The maximum Gasteiger partial charge on any atom is 0.138 e. The molecule has 4 nitrogen and oxygen atoms in total. The van der Waals surface area contributed by atoms with Crippen LogP contribution in [0.4, 0.5) is 5.69 Å². The van der Waals surface area contributed by atoms with Gasteiger partial charge in [-0.3, -0.25) is 9.59 Å². The smallest absolute Gasteiger partial charge is 0.138 e. The van der Waals surface area contributed by atoms with Crippen LogP contribution in [0.15, 0.2) is 48.5 Å². The Morgan fingerprint density at radius 3 is 1.61 bits per heavy atom. The Labute approximate surface area is 230 Å². The first-order valence-corrected chi connectivity index (χ1v) is 14.9. The third-order valence-electron chi connectivity index (χ3n) is 7.47. The van der Waals surface area contributed by atoms with E-state index < -0.39 is 0 Å². The highest BCUT2D eigenvalue weighted by molar-refractivity contribution is 6.07. The molecule has 0 radical (unpaired) electrons. The number of fused-ring (bicyclic) bond motifs is 2. The molecule has 0 aliphatic heterocycles. The van der Waals surface area contributed by atoms with Gasteiger partial charge in [0.1, 0.15) is 11.6 Å². The van der Waals surface area contributed by atoms with Crippen molar-refractivity contribution >= 4 is 39.1 Å². The first kappa shape index (κ1) is 29.8. The van der Waals surface area contributed by atoms with Crippen LogP contribution in [0.2, 0.25) is 0 Å². The quantitative estimate of drug-likeness (QED) is 0.135. The Kier molecular flexibility index (Phi) is 12.2. The average Bonchev–Trinajstić information content (AvgIpc) is 2.90. The average molecular weight is 517 g/mol. The van der Waals surface area contributed by atoms with Gasteiger partial charge in [-0.05, 0) is 37.8 Å². The first-order chi connectivity index (χ1) is 18.4. The Morgan fingerprint density at radius 2 is 1.08 bits per heavy atom. The summed E-state index contributed by atoms with van der Waals surface area (Å²) in [5.74, 6) is 0.797. The SMILES string of the molecule is CC(C)(C)C(=O)CCCCCCCCC(=O)CCCCCCCNc1c2ccccc2nc2ccccc12. The molecule has 0 amide bonds. The van der Waals surface area contributed by atoms with Gasteiger partial charge >= 0.3 is 0 Å². The van der Waals surface area contributed by atoms with Crippen LogP contribution in [0.5, 0.6) is 0 Å². The highest BCUT2D eigenvalue weighted by Crippen LogP contribution is 2.30. The molecule has 3 aromatic rings. The van der Waals surface area contributed by atoms with Crippen LogP contribution < -0.4 is 5.32 Å². The number of hydrogen-bond donors (Lipinski definition) is 1. The molecule has 38 heavy (non-hydrogen) atoms. The zero-order chi connectivity index (χ0) is 27.2. The molecular formula is C34H48N2O2. The van der Waals surface area contributed by atoms with Gasteiger partial charge in [0.2, 0.25) is 0 Å². The second-order valence-electron chi connectivity index (χ2n) is 11.8. The maximum absolute atomic E-state index is 12.2. The number of nitrogens with zero attached hydrogens (tertiary/aromatic N) is 1. The largest absolute Gasteiger partial charge is 0.384 e. The van der Waals surface area contributed by atoms with Gasteiger partial charge in [0.15, 0.2) is 0 Å². The molecule has 0 aliphatic carbocycles. The highest BCUT2D eigenvalue weighted by atomic mass is 16.1. The van der Waals surface area contributed by atoms with Crippen molar-refractivity contribution in [3.8, 4) is 0 Å². The summed E-state index contributed by atoms with van der Waals surface area (Å²) in [6, 6.07) is 16.7. The second-order valence-corrected chi connectivity index (χ2v) is 11.8. The minimum absolute atomic E-state index is 0.205. The topological polar surface area (TPSA) is 59.1 Å². The minimum Gasteiger partial charge on any atom is -0.384 e. The van der Waals surface area contributed by atoms with E-state index in [-0.39, 0.29) is 5.41 Å². The van der Waals surface area contributed by atoms with E-state index >= 15 is 0 Å². The Morgan fingerprint density at radius 1 is 0.632 bits per heavy atom. The summed E-state index contributed by atoms with van der Waals surface area (Å²) in [5, 5.41) is 6.04. The van der Waals surface area contributed by atoms with Crippen molar-refractivity contribution in [3.05, 3.63) is 48.5 Å². The molecule has 0 saturated carbocycles. The van der Waals surface area contributed by atoms with Gasteiger partial charge in [0.25, 0.3) is 0 Å². The molecule has 2 aromatic carbocycles. The molecule has 0 aliphatic rings. The van der Waals surface area contributed by atoms with Crippen LogP contribution in [0.1, 0.15) is 111 Å². The van der Waals surface area contributed by atoms with E-state index in [0.29, 0.717) is 18.0 Å². The van der Waals surface area contributed by atoms with Crippen molar-refractivity contribution < 1.29 is 9.59 Å². The molecule has 0 bridgehead atoms. The minimum atomic E-state index is -0.205. The lowest BCUT2D eigenvalue weighted by Gasteiger charge is -2.16. The van der Waals surface area contributed by atoms with Gasteiger partial charge in [-0.15, -0.1) is 0 Å². The van der Waals surface area contributed by atoms with Crippen LogP contribution in [0, 0.1) is 5.41 Å². The number of ketones is 2. The number of benzene rings is 2. The standard InChI is InChI=1S/C34H48N2O2/c1-34(2,3)32(38)25-13-9-5-4-7-11-19-27(37)20-12-8-6-10-18-26-35-33-28-21-14-16-23-30(28)36-31-24-17-15-22-29(31)33/h14-17,21-24H,4-13,18-20,25-26H2,1-3H3,(H,35,36). The van der Waals surface area contributed by atoms with Crippen molar-refractivity contribution in [2.75, 3.05) is 11.9 Å². The highest BCUT2D eigenvalue weighted by Gasteiger charge is 2.19. The number of anilines is 1. The fraction of sp³-hybridized carbons (Fsp3) is 0.559. The lowest BCUT2D eigenvalue weighted by molar-refractivity contribution is -0.126. The van der Waals surface area contributed by atoms with Crippen LogP contribution in [-0.4, -0.2) is 23.1 Å². The van der Waals surface area contributed by atoms with Gasteiger partial charge < -0.3 is 5.32 Å². The van der Waals surface area contributed by atoms with Crippen molar-refractivity contribution in [1.82, 2.24) is 4.98 Å². The molecule has 1 aromatic heterocycles. The summed E-state index contributed by atoms with van der Waals surface area (Å²) in [6.07, 6.45) is 14.5. The van der Waals surface area contributed by atoms with E-state index in [9.17, 15) is 9.59 Å². The lowest BCUT2D eigenvalue weighted by Crippen LogP contribution is -2.19. The summed E-state index contributed by atoms with van der Waals surface area (Å²) in [5.41, 5.74) is 3.04. The number of aromatic nitrogens is 1. The van der Waals surface area contributed by atoms with E-state index in [4.69, 9.17) is 4.98 Å². The summed E-state index contributed by atoms with van der Waals surface area (Å²) < 4.78 is 0. The Balaban J connectivity index is 1.20. The van der Waals surface area contributed by atoms with Gasteiger partial charge in [-0.25, -0.2) is 4.98 Å². The molecule has 1 heterocycles. The normalized spacial score (nSPS) is 11.8. The number of Topliss-reactive ketones (excluding diaryl/α,β-unsaturated/α-hetero) is 2. The van der Waals surface area contributed by atoms with Crippen molar-refractivity contribution in [2.45, 2.75) is 111 Å². The molecule has 3 rings (SSSR count). The van der Waals surface area contributed by atoms with E-state index in [2.05, 4.69) is 41.7 Å². The van der Waals surface area contributed by atoms with E-state index in [1.165, 1.54) is 42.1 Å². The molecule has 0 saturated heterocycles. The van der Waals surface area contributed by atoms with Crippen LogP contribution in [0.3, 0.4) is 0 Å². The number of pyridine rings is 1. The summed E-state index contributed by atoms with van der Waals surface area (Å²) in [4.78, 5) is 28.9. The number of nitrogens with one attached hydrogen (secondary N) is 1. The fourth-order valence-electron chi connectivity index (χ4n) is 5.04. The first-order valence-electron chi connectivity index (χ1n) is 14.9. The lowest BCUT2D eigenvalue weighted by atomic mass is 9.88. The molecule has 1 N–H and O–H groups in total. The molecule has 0 unspecified atom stereocenters. The van der Waals surface area contributed by atoms with Gasteiger partial charge in [0, 0.05) is 42.0 Å². The Hall–Kier alpha value is -2.75. The van der Waals surface area contributed by atoms with E-state index in [0.717, 1.165) is 75.4 Å². The summed E-state index contributed by atoms with van der Waals surface area (Å²) >= 11 is 0. The predicted octanol–water partition coefficient (Wildman–Crippen LogP) is 9.45. The van der Waals surface area contributed by atoms with E-state index in [1.807, 2.05) is 32.9 Å². The monoisotopic (exact) mass is 516 g/mol. The Bertz CT molecular complexity index is 1110. The number of hydrogen-bond acceptors (Lipinski definition) is 4. The third-order valence-corrected chi connectivity index (χ3v) is 7.47.